The molecular weight excluding hydrogens is 480 g/mol. The molecule has 0 spiro atoms. The van der Waals surface area contributed by atoms with Crippen molar-refractivity contribution in [1.29, 1.82) is 0 Å². The van der Waals surface area contributed by atoms with Crippen molar-refractivity contribution in [2.24, 2.45) is 0 Å². The van der Waals surface area contributed by atoms with Crippen LogP contribution < -0.4 is 0 Å². The van der Waals surface area contributed by atoms with E-state index >= 15 is 0 Å². The first kappa shape index (κ1) is 23.0. The van der Waals surface area contributed by atoms with Crippen LogP contribution in [0.3, 0.4) is 0 Å². The SMILES string of the molecule is C1=CCC(c2ccccc2)C(c2c3ccccc3c(-c3cc4ccccc4c4ccccc34)c3ccccc23)=C1. The van der Waals surface area contributed by atoms with Gasteiger partial charge in [-0.3, -0.25) is 0 Å². The van der Waals surface area contributed by atoms with Crippen LogP contribution >= 0.6 is 0 Å². The molecule has 0 amide bonds. The fourth-order valence-electron chi connectivity index (χ4n) is 6.88. The molecule has 0 nitrogen and oxygen atoms in total. The Hall–Kier alpha value is -4.94. The zero-order valence-corrected chi connectivity index (χ0v) is 22.2. The van der Waals surface area contributed by atoms with Gasteiger partial charge in [0, 0.05) is 5.92 Å². The number of allylic oxidation sites excluding steroid dienone is 4. The fraction of sp³-hybridized carbons (Fsp3) is 0.0500. The summed E-state index contributed by atoms with van der Waals surface area (Å²) in [4.78, 5) is 0. The zero-order chi connectivity index (χ0) is 26.5. The van der Waals surface area contributed by atoms with Gasteiger partial charge in [0.15, 0.2) is 0 Å². The van der Waals surface area contributed by atoms with E-state index in [1.54, 1.807) is 0 Å². The van der Waals surface area contributed by atoms with Crippen molar-refractivity contribution in [3.8, 4) is 11.1 Å². The summed E-state index contributed by atoms with van der Waals surface area (Å²) in [6.07, 6.45) is 7.90. The molecule has 0 N–H and O–H groups in total. The quantitative estimate of drug-likeness (QED) is 0.164. The lowest BCUT2D eigenvalue weighted by molar-refractivity contribution is 0.876. The van der Waals surface area contributed by atoms with Gasteiger partial charge in [-0.1, -0.05) is 146 Å². The van der Waals surface area contributed by atoms with Crippen LogP contribution in [-0.2, 0) is 0 Å². The van der Waals surface area contributed by atoms with Crippen molar-refractivity contribution >= 4 is 48.7 Å². The topological polar surface area (TPSA) is 0 Å². The van der Waals surface area contributed by atoms with Crippen LogP contribution in [0.5, 0.6) is 0 Å². The third-order valence-corrected chi connectivity index (χ3v) is 8.62. The molecule has 188 valence electrons. The molecule has 0 radical (unpaired) electrons. The second kappa shape index (κ2) is 9.36. The first-order valence-electron chi connectivity index (χ1n) is 14.1. The molecule has 0 aliphatic heterocycles. The molecule has 0 heterocycles. The Morgan fingerprint density at radius 1 is 0.450 bits per heavy atom. The van der Waals surface area contributed by atoms with Crippen LogP contribution in [0.15, 0.2) is 152 Å². The molecule has 0 fully saturated rings. The van der Waals surface area contributed by atoms with Crippen molar-refractivity contribution in [2.45, 2.75) is 12.3 Å². The number of benzene rings is 7. The largest absolute Gasteiger partial charge is 0.0836 e. The van der Waals surface area contributed by atoms with Gasteiger partial charge in [0.25, 0.3) is 0 Å². The van der Waals surface area contributed by atoms with Crippen molar-refractivity contribution < 1.29 is 0 Å². The highest BCUT2D eigenvalue weighted by molar-refractivity contribution is 6.24. The minimum atomic E-state index is 0.324. The maximum atomic E-state index is 2.40. The van der Waals surface area contributed by atoms with Gasteiger partial charge in [0.2, 0.25) is 0 Å². The molecule has 1 aliphatic carbocycles. The van der Waals surface area contributed by atoms with Gasteiger partial charge in [-0.15, -0.1) is 0 Å². The van der Waals surface area contributed by atoms with E-state index in [4.69, 9.17) is 0 Å². The summed E-state index contributed by atoms with van der Waals surface area (Å²) in [5.41, 5.74) is 6.75. The third kappa shape index (κ3) is 3.53. The molecule has 7 aromatic rings. The number of hydrogen-bond donors (Lipinski definition) is 0. The van der Waals surface area contributed by atoms with Crippen molar-refractivity contribution in [1.82, 2.24) is 0 Å². The summed E-state index contributed by atoms with van der Waals surface area (Å²) < 4.78 is 0. The van der Waals surface area contributed by atoms with Gasteiger partial charge in [0.05, 0.1) is 0 Å². The van der Waals surface area contributed by atoms with Gasteiger partial charge >= 0.3 is 0 Å². The standard InChI is InChI=1S/C40H28/c1-2-14-27(15-3-1)29-17-6-9-21-33(29)39-34-22-10-12-24-36(34)40(37-25-13-11-23-35(37)39)38-26-28-16-4-5-18-30(28)31-19-7-8-20-32(31)38/h1-16,18-26,29H,17H2. The zero-order valence-electron chi connectivity index (χ0n) is 22.2. The highest BCUT2D eigenvalue weighted by Gasteiger charge is 2.25. The summed E-state index contributed by atoms with van der Waals surface area (Å²) in [5, 5.41) is 10.4. The molecule has 0 aromatic heterocycles. The average molecular weight is 509 g/mol. The Balaban J connectivity index is 1.51. The number of fused-ring (bicyclic) bond motifs is 5. The number of rotatable bonds is 3. The summed E-state index contributed by atoms with van der Waals surface area (Å²) >= 11 is 0. The van der Waals surface area contributed by atoms with Gasteiger partial charge < -0.3 is 0 Å². The van der Waals surface area contributed by atoms with E-state index in [2.05, 4.69) is 152 Å². The maximum Gasteiger partial charge on any atom is 0.0130 e. The predicted molar refractivity (Wildman–Crippen MR) is 173 cm³/mol. The highest BCUT2D eigenvalue weighted by atomic mass is 14.3. The molecule has 40 heavy (non-hydrogen) atoms. The Morgan fingerprint density at radius 2 is 0.975 bits per heavy atom. The van der Waals surface area contributed by atoms with Gasteiger partial charge in [-0.05, 0) is 83.4 Å². The van der Waals surface area contributed by atoms with E-state index in [1.165, 1.54) is 70.9 Å². The Labute approximate surface area is 234 Å². The average Bonchev–Trinajstić information content (AvgIpc) is 3.04. The van der Waals surface area contributed by atoms with Crippen LogP contribution in [0.2, 0.25) is 0 Å². The lowest BCUT2D eigenvalue weighted by Crippen LogP contribution is -2.05. The van der Waals surface area contributed by atoms with Crippen LogP contribution in [0.1, 0.15) is 23.5 Å². The Morgan fingerprint density at radius 3 is 1.65 bits per heavy atom. The molecule has 1 unspecified atom stereocenters. The van der Waals surface area contributed by atoms with Gasteiger partial charge in [-0.2, -0.15) is 0 Å². The minimum Gasteiger partial charge on any atom is -0.0836 e. The van der Waals surface area contributed by atoms with Gasteiger partial charge in [0.1, 0.15) is 0 Å². The maximum absolute atomic E-state index is 2.40. The molecule has 8 rings (SSSR count). The van der Waals surface area contributed by atoms with E-state index in [-0.39, 0.29) is 0 Å². The van der Waals surface area contributed by atoms with E-state index in [0.29, 0.717) is 5.92 Å². The minimum absolute atomic E-state index is 0.324. The molecule has 0 saturated heterocycles. The summed E-state index contributed by atoms with van der Waals surface area (Å²) in [7, 11) is 0. The summed E-state index contributed by atoms with van der Waals surface area (Å²) in [6, 6.07) is 49.1. The molecule has 0 saturated carbocycles. The molecule has 7 aromatic carbocycles. The monoisotopic (exact) mass is 508 g/mol. The summed E-state index contributed by atoms with van der Waals surface area (Å²) in [6.45, 7) is 0. The molecule has 0 heteroatoms. The van der Waals surface area contributed by atoms with Crippen LogP contribution in [-0.4, -0.2) is 0 Å². The van der Waals surface area contributed by atoms with Crippen molar-refractivity contribution in [3.63, 3.8) is 0 Å². The fourth-order valence-corrected chi connectivity index (χ4v) is 6.88. The molecular formula is C40H28. The molecule has 1 aliphatic rings. The first-order valence-corrected chi connectivity index (χ1v) is 14.1. The van der Waals surface area contributed by atoms with Crippen LogP contribution in [0.25, 0.3) is 59.8 Å². The van der Waals surface area contributed by atoms with E-state index in [0.717, 1.165) is 6.42 Å². The summed E-state index contributed by atoms with van der Waals surface area (Å²) in [5.74, 6) is 0.324. The Kier molecular flexibility index (Phi) is 5.38. The number of hydrogen-bond acceptors (Lipinski definition) is 0. The van der Waals surface area contributed by atoms with Crippen molar-refractivity contribution in [2.75, 3.05) is 0 Å². The van der Waals surface area contributed by atoms with E-state index in [1.807, 2.05) is 0 Å². The van der Waals surface area contributed by atoms with Crippen molar-refractivity contribution in [3.05, 3.63) is 163 Å². The van der Waals surface area contributed by atoms with E-state index in [9.17, 15) is 0 Å². The lowest BCUT2D eigenvalue weighted by Gasteiger charge is -2.26. The molecule has 0 bridgehead atoms. The third-order valence-electron chi connectivity index (χ3n) is 8.62. The van der Waals surface area contributed by atoms with Gasteiger partial charge in [-0.25, -0.2) is 0 Å². The normalized spacial score (nSPS) is 15.2. The smallest absolute Gasteiger partial charge is 0.0130 e. The first-order chi connectivity index (χ1) is 19.9. The van der Waals surface area contributed by atoms with Crippen LogP contribution in [0.4, 0.5) is 0 Å². The molecule has 1 atom stereocenters. The predicted octanol–water partition coefficient (Wildman–Crippen LogP) is 11.1. The van der Waals surface area contributed by atoms with E-state index < -0.39 is 0 Å². The van der Waals surface area contributed by atoms with Crippen LogP contribution in [0, 0.1) is 0 Å². The second-order valence-electron chi connectivity index (χ2n) is 10.8. The Bertz CT molecular complexity index is 2070. The second-order valence-corrected chi connectivity index (χ2v) is 10.8. The lowest BCUT2D eigenvalue weighted by atomic mass is 9.77. The highest BCUT2D eigenvalue weighted by Crippen LogP contribution is 2.48.